The van der Waals surface area contributed by atoms with Crippen LogP contribution in [0.25, 0.3) is 0 Å². The van der Waals surface area contributed by atoms with Crippen molar-refractivity contribution in [2.75, 3.05) is 5.73 Å². The van der Waals surface area contributed by atoms with Gasteiger partial charge in [-0.05, 0) is 30.3 Å². The number of carbonyl (C=O) groups excluding carboxylic acids is 2. The molecule has 6 N–H and O–H groups in total. The molecule has 2 amide bonds. The normalized spacial score (nSPS) is 10.1. The lowest BCUT2D eigenvalue weighted by atomic mass is 10.1. The molecule has 2 aromatic carbocycles. The Bertz CT molecular complexity index is 714. The summed E-state index contributed by atoms with van der Waals surface area (Å²) in [4.78, 5) is 22.1. The number of rotatable bonds is 4. The van der Waals surface area contributed by atoms with E-state index in [2.05, 4.69) is 0 Å². The molecule has 7 heteroatoms. The molecule has 0 aliphatic heterocycles. The predicted octanol–water partition coefficient (Wildman–Crippen LogP) is 1.40. The minimum absolute atomic E-state index is 0.0415. The lowest BCUT2D eigenvalue weighted by molar-refractivity contribution is 0.0992. The van der Waals surface area contributed by atoms with E-state index in [4.69, 9.17) is 21.9 Å². The number of hydrogen-bond donors (Lipinski definition) is 3. The predicted molar refractivity (Wildman–Crippen MR) is 74.4 cm³/mol. The number of nitrogens with two attached hydrogens (primary N) is 3. The second kappa shape index (κ2) is 5.49. The van der Waals surface area contributed by atoms with Gasteiger partial charge in [0.1, 0.15) is 5.75 Å². The van der Waals surface area contributed by atoms with Gasteiger partial charge < -0.3 is 21.9 Å². The second-order valence-corrected chi connectivity index (χ2v) is 4.22. The van der Waals surface area contributed by atoms with Gasteiger partial charge >= 0.3 is 0 Å². The summed E-state index contributed by atoms with van der Waals surface area (Å²) in [5.74, 6) is -2.06. The number of ether oxygens (including phenoxy) is 1. The smallest absolute Gasteiger partial charge is 0.250 e. The summed E-state index contributed by atoms with van der Waals surface area (Å²) in [6, 6.07) is 7.82. The van der Waals surface area contributed by atoms with Crippen molar-refractivity contribution in [1.29, 1.82) is 0 Å². The highest BCUT2D eigenvalue weighted by atomic mass is 19.1. The van der Waals surface area contributed by atoms with E-state index in [1.165, 1.54) is 24.3 Å². The molecule has 0 aliphatic rings. The van der Waals surface area contributed by atoms with Crippen LogP contribution in [0.4, 0.5) is 10.1 Å². The summed E-state index contributed by atoms with van der Waals surface area (Å²) in [6.45, 7) is 0. The van der Waals surface area contributed by atoms with E-state index in [9.17, 15) is 14.0 Å². The minimum Gasteiger partial charge on any atom is -0.454 e. The third-order valence-electron chi connectivity index (χ3n) is 2.74. The Morgan fingerprint density at radius 3 is 2.14 bits per heavy atom. The highest BCUT2D eigenvalue weighted by Gasteiger charge is 2.13. The number of amides is 2. The summed E-state index contributed by atoms with van der Waals surface area (Å²) in [5, 5.41) is 0. The third-order valence-corrected chi connectivity index (χ3v) is 2.74. The Morgan fingerprint density at radius 2 is 1.62 bits per heavy atom. The topological polar surface area (TPSA) is 121 Å². The van der Waals surface area contributed by atoms with Crippen LogP contribution in [0, 0.1) is 5.82 Å². The number of halogens is 1. The van der Waals surface area contributed by atoms with Crippen LogP contribution in [-0.2, 0) is 0 Å². The highest BCUT2D eigenvalue weighted by molar-refractivity contribution is 5.98. The lowest BCUT2D eigenvalue weighted by Gasteiger charge is -2.10. The van der Waals surface area contributed by atoms with Gasteiger partial charge in [0.25, 0.3) is 5.91 Å². The maximum Gasteiger partial charge on any atom is 0.250 e. The van der Waals surface area contributed by atoms with Gasteiger partial charge in [-0.1, -0.05) is 0 Å². The molecule has 0 unspecified atom stereocenters. The van der Waals surface area contributed by atoms with E-state index < -0.39 is 17.6 Å². The quantitative estimate of drug-likeness (QED) is 0.736. The Kier molecular flexibility index (Phi) is 3.75. The first-order valence-electron chi connectivity index (χ1n) is 5.85. The van der Waals surface area contributed by atoms with Crippen LogP contribution >= 0.6 is 0 Å². The number of carbonyl (C=O) groups is 2. The van der Waals surface area contributed by atoms with Crippen molar-refractivity contribution in [2.24, 2.45) is 11.5 Å². The van der Waals surface area contributed by atoms with Crippen molar-refractivity contribution in [3.05, 3.63) is 53.3 Å². The molecule has 0 spiro atoms. The molecule has 0 saturated heterocycles. The van der Waals surface area contributed by atoms with Crippen LogP contribution in [-0.4, -0.2) is 11.8 Å². The van der Waals surface area contributed by atoms with Crippen molar-refractivity contribution in [2.45, 2.75) is 0 Å². The maximum atomic E-state index is 13.8. The molecular formula is C14H12FN3O3. The van der Waals surface area contributed by atoms with Crippen LogP contribution in [0.5, 0.6) is 11.5 Å². The van der Waals surface area contributed by atoms with E-state index >= 15 is 0 Å². The standard InChI is InChI=1S/C14H12FN3O3/c15-10-6-11(16)9(14(18)20)5-12(10)21-8-3-1-7(2-4-8)13(17)19/h1-6H,16H2,(H2,17,19)(H2,18,20). The van der Waals surface area contributed by atoms with Gasteiger partial charge in [-0.3, -0.25) is 9.59 Å². The molecule has 0 atom stereocenters. The zero-order valence-electron chi connectivity index (χ0n) is 10.8. The second-order valence-electron chi connectivity index (χ2n) is 4.22. The summed E-state index contributed by atoms with van der Waals surface area (Å²) in [5.41, 5.74) is 15.9. The first kappa shape index (κ1) is 14.3. The molecule has 6 nitrogen and oxygen atoms in total. The molecule has 2 aromatic rings. The lowest BCUT2D eigenvalue weighted by Crippen LogP contribution is -2.14. The fraction of sp³-hybridized carbons (Fsp3) is 0. The fourth-order valence-electron chi connectivity index (χ4n) is 1.67. The molecule has 0 heterocycles. The Morgan fingerprint density at radius 1 is 1.00 bits per heavy atom. The number of benzene rings is 2. The zero-order valence-corrected chi connectivity index (χ0v) is 10.8. The summed E-state index contributed by atoms with van der Waals surface area (Å²) >= 11 is 0. The van der Waals surface area contributed by atoms with Crippen LogP contribution in [0.1, 0.15) is 20.7 Å². The Labute approximate surface area is 119 Å². The largest absolute Gasteiger partial charge is 0.454 e. The first-order chi connectivity index (χ1) is 9.88. The molecule has 0 radical (unpaired) electrons. The summed E-state index contributed by atoms with van der Waals surface area (Å²) in [6.07, 6.45) is 0. The summed E-state index contributed by atoms with van der Waals surface area (Å²) in [7, 11) is 0. The van der Waals surface area contributed by atoms with E-state index in [1.807, 2.05) is 0 Å². The third kappa shape index (κ3) is 3.08. The van der Waals surface area contributed by atoms with E-state index in [0.29, 0.717) is 0 Å². The van der Waals surface area contributed by atoms with Gasteiger partial charge in [0.05, 0.1) is 5.56 Å². The van der Waals surface area contributed by atoms with Crippen molar-refractivity contribution in [3.63, 3.8) is 0 Å². The van der Waals surface area contributed by atoms with Gasteiger partial charge in [-0.25, -0.2) is 4.39 Å². The number of primary amides is 2. The zero-order chi connectivity index (χ0) is 15.6. The minimum atomic E-state index is -0.790. The van der Waals surface area contributed by atoms with E-state index in [0.717, 1.165) is 12.1 Å². The van der Waals surface area contributed by atoms with Crippen molar-refractivity contribution < 1.29 is 18.7 Å². The number of nitrogen functional groups attached to an aromatic ring is 1. The van der Waals surface area contributed by atoms with Crippen LogP contribution in [0.3, 0.4) is 0 Å². The van der Waals surface area contributed by atoms with Crippen molar-refractivity contribution in [1.82, 2.24) is 0 Å². The monoisotopic (exact) mass is 289 g/mol. The molecule has 0 bridgehead atoms. The average molecular weight is 289 g/mol. The van der Waals surface area contributed by atoms with Gasteiger partial charge in [0, 0.05) is 17.3 Å². The molecule has 2 rings (SSSR count). The Balaban J connectivity index is 2.32. The van der Waals surface area contributed by atoms with Gasteiger partial charge in [-0.2, -0.15) is 0 Å². The van der Waals surface area contributed by atoms with Crippen LogP contribution in [0.15, 0.2) is 36.4 Å². The molecule has 0 aliphatic carbocycles. The van der Waals surface area contributed by atoms with Crippen LogP contribution < -0.4 is 21.9 Å². The maximum absolute atomic E-state index is 13.8. The van der Waals surface area contributed by atoms with Gasteiger partial charge in [0.2, 0.25) is 5.91 Å². The fourth-order valence-corrected chi connectivity index (χ4v) is 1.67. The van der Waals surface area contributed by atoms with E-state index in [-0.39, 0.29) is 28.3 Å². The molecular weight excluding hydrogens is 277 g/mol. The molecule has 108 valence electrons. The van der Waals surface area contributed by atoms with Crippen molar-refractivity contribution in [3.8, 4) is 11.5 Å². The molecule has 0 fully saturated rings. The highest BCUT2D eigenvalue weighted by Crippen LogP contribution is 2.28. The molecule has 0 saturated carbocycles. The molecule has 0 aromatic heterocycles. The Hall–Kier alpha value is -3.09. The molecule has 21 heavy (non-hydrogen) atoms. The van der Waals surface area contributed by atoms with Gasteiger partial charge in [0.15, 0.2) is 11.6 Å². The SMILES string of the molecule is NC(=O)c1ccc(Oc2cc(C(N)=O)c(N)cc2F)cc1. The first-order valence-corrected chi connectivity index (χ1v) is 5.85. The van der Waals surface area contributed by atoms with Crippen molar-refractivity contribution >= 4 is 17.5 Å². The number of hydrogen-bond acceptors (Lipinski definition) is 4. The summed E-state index contributed by atoms with van der Waals surface area (Å²) < 4.78 is 19.1. The number of anilines is 1. The van der Waals surface area contributed by atoms with E-state index in [1.54, 1.807) is 0 Å². The van der Waals surface area contributed by atoms with Crippen LogP contribution in [0.2, 0.25) is 0 Å². The average Bonchev–Trinajstić information content (AvgIpc) is 2.42. The van der Waals surface area contributed by atoms with Gasteiger partial charge in [-0.15, -0.1) is 0 Å².